The van der Waals surface area contributed by atoms with E-state index in [4.69, 9.17) is 4.74 Å². The molecule has 1 saturated heterocycles. The van der Waals surface area contributed by atoms with Gasteiger partial charge in [-0.1, -0.05) is 18.2 Å². The lowest BCUT2D eigenvalue weighted by atomic mass is 10.0. The zero-order valence-corrected chi connectivity index (χ0v) is 17.2. The minimum atomic E-state index is -0.424. The second-order valence-electron chi connectivity index (χ2n) is 7.47. The van der Waals surface area contributed by atoms with E-state index in [1.807, 2.05) is 13.8 Å². The highest BCUT2D eigenvalue weighted by Gasteiger charge is 2.29. The van der Waals surface area contributed by atoms with Crippen LogP contribution in [0.3, 0.4) is 0 Å². The number of rotatable bonds is 6. The number of anilines is 1. The van der Waals surface area contributed by atoms with Crippen LogP contribution in [0.4, 0.5) is 5.69 Å². The Kier molecular flexibility index (Phi) is 6.19. The number of quaternary nitrogens is 1. The molecule has 1 aliphatic rings. The Bertz CT molecular complexity index is 864. The predicted octanol–water partition coefficient (Wildman–Crippen LogP) is 1.70. The van der Waals surface area contributed by atoms with E-state index in [0.717, 1.165) is 31.9 Å². The molecule has 28 heavy (non-hydrogen) atoms. The molecule has 1 aliphatic heterocycles. The Hall–Kier alpha value is -2.60. The molecule has 0 amide bonds. The number of para-hydroxylation sites is 1. The third kappa shape index (κ3) is 4.12. The third-order valence-corrected chi connectivity index (χ3v) is 5.47. The number of piperazine rings is 1. The van der Waals surface area contributed by atoms with Crippen molar-refractivity contribution in [1.29, 1.82) is 0 Å². The van der Waals surface area contributed by atoms with Crippen LogP contribution in [-0.2, 0) is 4.74 Å². The first kappa shape index (κ1) is 20.1. The molecule has 2 N–H and O–H groups in total. The number of nitrogens with one attached hydrogen (secondary N) is 2. The van der Waals surface area contributed by atoms with Crippen molar-refractivity contribution in [1.82, 2.24) is 4.98 Å². The number of ether oxygens (including phenoxy) is 1. The maximum atomic E-state index is 13.0. The average molecular weight is 385 g/mol. The lowest BCUT2D eigenvalue weighted by Crippen LogP contribution is -3.15. The highest BCUT2D eigenvalue weighted by Crippen LogP contribution is 2.21. The van der Waals surface area contributed by atoms with Crippen molar-refractivity contribution in [2.75, 3.05) is 44.2 Å². The van der Waals surface area contributed by atoms with E-state index < -0.39 is 5.97 Å². The van der Waals surface area contributed by atoms with Gasteiger partial charge in [-0.2, -0.15) is 0 Å². The fourth-order valence-electron chi connectivity index (χ4n) is 4.06. The summed E-state index contributed by atoms with van der Waals surface area (Å²) >= 11 is 0. The van der Waals surface area contributed by atoms with Crippen LogP contribution in [0.1, 0.15) is 44.6 Å². The Labute approximate surface area is 166 Å². The Morgan fingerprint density at radius 1 is 1.07 bits per heavy atom. The highest BCUT2D eigenvalue weighted by molar-refractivity contribution is 6.08. The highest BCUT2D eigenvalue weighted by atomic mass is 16.5. The maximum Gasteiger partial charge on any atom is 0.340 e. The molecule has 0 unspecified atom stereocenters. The molecule has 0 spiro atoms. The fourth-order valence-corrected chi connectivity index (χ4v) is 4.06. The van der Waals surface area contributed by atoms with Crippen LogP contribution in [0.5, 0.6) is 0 Å². The molecule has 0 atom stereocenters. The van der Waals surface area contributed by atoms with Crippen LogP contribution in [-0.4, -0.2) is 56.1 Å². The van der Waals surface area contributed by atoms with E-state index in [-0.39, 0.29) is 5.78 Å². The summed E-state index contributed by atoms with van der Waals surface area (Å²) in [6, 6.07) is 8.41. The molecule has 0 aliphatic carbocycles. The van der Waals surface area contributed by atoms with Gasteiger partial charge < -0.3 is 19.5 Å². The van der Waals surface area contributed by atoms with Crippen LogP contribution in [0.25, 0.3) is 0 Å². The van der Waals surface area contributed by atoms with E-state index >= 15 is 0 Å². The number of esters is 1. The molecule has 1 aromatic heterocycles. The van der Waals surface area contributed by atoms with Gasteiger partial charge in [0, 0.05) is 17.1 Å². The molecule has 0 saturated carbocycles. The minimum Gasteiger partial charge on any atom is -0.462 e. The number of hydrogen-bond donors (Lipinski definition) is 2. The SMILES string of the molecule is CCOC(=O)c1c(C)[nH]c(C)c1C(=O)C[NH+]1CCN(c2ccccc2C)CC1. The largest absolute Gasteiger partial charge is 0.462 e. The van der Waals surface area contributed by atoms with E-state index in [2.05, 4.69) is 41.1 Å². The van der Waals surface area contributed by atoms with Crippen molar-refractivity contribution >= 4 is 17.4 Å². The molecule has 2 aromatic rings. The monoisotopic (exact) mass is 384 g/mol. The van der Waals surface area contributed by atoms with Crippen LogP contribution in [0, 0.1) is 20.8 Å². The van der Waals surface area contributed by atoms with Gasteiger partial charge in [0.25, 0.3) is 0 Å². The standard InChI is InChI=1S/C22H29N3O3/c1-5-28-22(27)21-17(4)23-16(3)20(21)19(26)14-24-10-12-25(13-11-24)18-9-7-6-8-15(18)2/h6-9,23H,5,10-14H2,1-4H3/p+1. The number of aromatic nitrogens is 1. The summed E-state index contributed by atoms with van der Waals surface area (Å²) in [5.41, 5.74) is 4.86. The average Bonchev–Trinajstić information content (AvgIpc) is 2.97. The van der Waals surface area contributed by atoms with E-state index in [1.54, 1.807) is 6.92 Å². The number of carbonyl (C=O) groups is 2. The first-order valence-electron chi connectivity index (χ1n) is 9.96. The second-order valence-corrected chi connectivity index (χ2v) is 7.47. The van der Waals surface area contributed by atoms with Crippen molar-refractivity contribution in [3.05, 3.63) is 52.3 Å². The molecule has 6 nitrogen and oxygen atoms in total. The summed E-state index contributed by atoms with van der Waals surface area (Å²) in [6.45, 7) is 11.9. The van der Waals surface area contributed by atoms with Gasteiger partial charge in [-0.05, 0) is 39.3 Å². The zero-order valence-electron chi connectivity index (χ0n) is 17.2. The quantitative estimate of drug-likeness (QED) is 0.588. The number of hydrogen-bond acceptors (Lipinski definition) is 4. The van der Waals surface area contributed by atoms with E-state index in [0.29, 0.717) is 30.0 Å². The molecule has 1 aromatic carbocycles. The zero-order chi connectivity index (χ0) is 20.3. The number of Topliss-reactive ketones (excluding diaryl/α,β-unsaturated/α-hetero) is 1. The molecule has 1 fully saturated rings. The summed E-state index contributed by atoms with van der Waals surface area (Å²) in [5, 5.41) is 0. The van der Waals surface area contributed by atoms with Crippen molar-refractivity contribution < 1.29 is 19.2 Å². The van der Waals surface area contributed by atoms with Crippen LogP contribution in [0.2, 0.25) is 0 Å². The van der Waals surface area contributed by atoms with Gasteiger partial charge in [0.15, 0.2) is 0 Å². The van der Waals surface area contributed by atoms with Gasteiger partial charge in [-0.15, -0.1) is 0 Å². The summed E-state index contributed by atoms with van der Waals surface area (Å²) in [6.07, 6.45) is 0. The van der Waals surface area contributed by atoms with Crippen molar-refractivity contribution in [2.24, 2.45) is 0 Å². The summed E-state index contributed by atoms with van der Waals surface area (Å²) in [7, 11) is 0. The number of ketones is 1. The molecular weight excluding hydrogens is 354 g/mol. The maximum absolute atomic E-state index is 13.0. The van der Waals surface area contributed by atoms with Gasteiger partial charge in [-0.25, -0.2) is 4.79 Å². The van der Waals surface area contributed by atoms with Gasteiger partial charge in [-0.3, -0.25) is 4.79 Å². The molecule has 150 valence electrons. The Morgan fingerprint density at radius 2 is 1.71 bits per heavy atom. The predicted molar refractivity (Wildman–Crippen MR) is 110 cm³/mol. The Balaban J connectivity index is 1.67. The number of benzene rings is 1. The summed E-state index contributed by atoms with van der Waals surface area (Å²) in [5.74, 6) is -0.420. The number of carbonyl (C=O) groups excluding carboxylic acids is 2. The number of aromatic amines is 1. The lowest BCUT2D eigenvalue weighted by molar-refractivity contribution is -0.892. The van der Waals surface area contributed by atoms with Gasteiger partial charge in [0.2, 0.25) is 5.78 Å². The third-order valence-electron chi connectivity index (χ3n) is 5.47. The van der Waals surface area contributed by atoms with Gasteiger partial charge in [0.05, 0.1) is 43.9 Å². The Morgan fingerprint density at radius 3 is 2.36 bits per heavy atom. The molecule has 2 heterocycles. The van der Waals surface area contributed by atoms with Crippen molar-refractivity contribution in [3.8, 4) is 0 Å². The van der Waals surface area contributed by atoms with Crippen LogP contribution in [0.15, 0.2) is 24.3 Å². The number of aryl methyl sites for hydroxylation is 3. The van der Waals surface area contributed by atoms with E-state index in [1.165, 1.54) is 16.2 Å². The van der Waals surface area contributed by atoms with Crippen LogP contribution >= 0.6 is 0 Å². The van der Waals surface area contributed by atoms with E-state index in [9.17, 15) is 9.59 Å². The lowest BCUT2D eigenvalue weighted by Gasteiger charge is -2.34. The molecular formula is C22H30N3O3+. The number of H-pyrrole nitrogens is 1. The molecule has 0 bridgehead atoms. The second kappa shape index (κ2) is 8.61. The topological polar surface area (TPSA) is 66.8 Å². The first-order valence-corrected chi connectivity index (χ1v) is 9.96. The number of nitrogens with zero attached hydrogens (tertiary/aromatic N) is 1. The van der Waals surface area contributed by atoms with Gasteiger partial charge >= 0.3 is 5.97 Å². The van der Waals surface area contributed by atoms with Gasteiger partial charge in [0.1, 0.15) is 6.54 Å². The molecule has 3 rings (SSSR count). The molecule has 6 heteroatoms. The summed E-state index contributed by atoms with van der Waals surface area (Å²) in [4.78, 5) is 32.1. The van der Waals surface area contributed by atoms with Crippen LogP contribution < -0.4 is 9.80 Å². The normalized spacial score (nSPS) is 14.9. The summed E-state index contributed by atoms with van der Waals surface area (Å²) < 4.78 is 5.15. The van der Waals surface area contributed by atoms with Crippen molar-refractivity contribution in [3.63, 3.8) is 0 Å². The fraction of sp³-hybridized carbons (Fsp3) is 0.455. The first-order chi connectivity index (χ1) is 13.4. The molecule has 0 radical (unpaired) electrons. The van der Waals surface area contributed by atoms with Crippen molar-refractivity contribution in [2.45, 2.75) is 27.7 Å². The minimum absolute atomic E-state index is 0.00393. The smallest absolute Gasteiger partial charge is 0.340 e.